The van der Waals surface area contributed by atoms with Crippen molar-refractivity contribution < 1.29 is 9.32 Å². The Balaban J connectivity index is 1.88. The second kappa shape index (κ2) is 6.48. The molecular weight excluding hydrogens is 246 g/mol. The van der Waals surface area contributed by atoms with Crippen LogP contribution in [0.5, 0.6) is 0 Å². The molecule has 19 heavy (non-hydrogen) atoms. The van der Waals surface area contributed by atoms with E-state index in [1.807, 2.05) is 6.07 Å². The lowest BCUT2D eigenvalue weighted by Gasteiger charge is -2.05. The van der Waals surface area contributed by atoms with E-state index in [0.717, 1.165) is 18.7 Å². The van der Waals surface area contributed by atoms with E-state index in [9.17, 15) is 4.79 Å². The minimum Gasteiger partial charge on any atom is -0.384 e. The number of hydrogen-bond acceptors (Lipinski definition) is 6. The molecule has 0 aliphatic heterocycles. The van der Waals surface area contributed by atoms with E-state index in [4.69, 9.17) is 0 Å². The maximum absolute atomic E-state index is 11.8. The van der Waals surface area contributed by atoms with Crippen LogP contribution in [-0.4, -0.2) is 27.6 Å². The number of nitrogens with one attached hydrogen (secondary N) is 2. The van der Waals surface area contributed by atoms with Crippen molar-refractivity contribution >= 4 is 11.6 Å². The van der Waals surface area contributed by atoms with Crippen molar-refractivity contribution in [2.45, 2.75) is 19.9 Å². The summed E-state index contributed by atoms with van der Waals surface area (Å²) in [4.78, 5) is 19.7. The predicted molar refractivity (Wildman–Crippen MR) is 68.5 cm³/mol. The van der Waals surface area contributed by atoms with Gasteiger partial charge in [0, 0.05) is 6.54 Å². The number of amides is 1. The highest BCUT2D eigenvalue weighted by atomic mass is 16.5. The Hall–Kier alpha value is -2.44. The molecule has 2 N–H and O–H groups in total. The van der Waals surface area contributed by atoms with E-state index in [-0.39, 0.29) is 12.5 Å². The molecule has 7 nitrogen and oxygen atoms in total. The maximum Gasteiger partial charge on any atom is 0.270 e. The number of aromatic nitrogens is 3. The van der Waals surface area contributed by atoms with Crippen LogP contribution in [-0.2, 0) is 6.54 Å². The van der Waals surface area contributed by atoms with Crippen molar-refractivity contribution in [3.63, 3.8) is 0 Å². The normalized spacial score (nSPS) is 10.2. The summed E-state index contributed by atoms with van der Waals surface area (Å²) in [6.07, 6.45) is 3.89. The van der Waals surface area contributed by atoms with Crippen molar-refractivity contribution in [2.24, 2.45) is 0 Å². The van der Waals surface area contributed by atoms with Crippen LogP contribution in [0.4, 0.5) is 5.69 Å². The summed E-state index contributed by atoms with van der Waals surface area (Å²) < 4.78 is 4.57. The van der Waals surface area contributed by atoms with Crippen LogP contribution < -0.4 is 10.6 Å². The van der Waals surface area contributed by atoms with Gasteiger partial charge >= 0.3 is 0 Å². The summed E-state index contributed by atoms with van der Waals surface area (Å²) in [5.74, 6) is 0.154. The third kappa shape index (κ3) is 3.77. The molecule has 0 spiro atoms. The van der Waals surface area contributed by atoms with Crippen LogP contribution in [0.1, 0.15) is 29.7 Å². The SMILES string of the molecule is CCCNc1ccc(C(=O)NCc2ncon2)nc1. The van der Waals surface area contributed by atoms with Crippen molar-refractivity contribution in [2.75, 3.05) is 11.9 Å². The van der Waals surface area contributed by atoms with Gasteiger partial charge in [-0.05, 0) is 18.6 Å². The number of pyridine rings is 1. The van der Waals surface area contributed by atoms with Crippen LogP contribution in [0.3, 0.4) is 0 Å². The average Bonchev–Trinajstić information content (AvgIpc) is 2.96. The molecule has 0 saturated heterocycles. The first-order chi connectivity index (χ1) is 9.29. The van der Waals surface area contributed by atoms with Crippen LogP contribution in [0.2, 0.25) is 0 Å². The Morgan fingerprint density at radius 2 is 2.26 bits per heavy atom. The largest absolute Gasteiger partial charge is 0.384 e. The van der Waals surface area contributed by atoms with Gasteiger partial charge in [0.15, 0.2) is 5.82 Å². The highest BCUT2D eigenvalue weighted by molar-refractivity contribution is 5.92. The highest BCUT2D eigenvalue weighted by Crippen LogP contribution is 2.06. The van der Waals surface area contributed by atoms with Gasteiger partial charge < -0.3 is 15.2 Å². The monoisotopic (exact) mass is 261 g/mol. The second-order valence-corrected chi connectivity index (χ2v) is 3.89. The molecule has 0 bridgehead atoms. The molecule has 2 rings (SSSR count). The topological polar surface area (TPSA) is 92.9 Å². The molecule has 2 aromatic heterocycles. The van der Waals surface area contributed by atoms with E-state index in [0.29, 0.717) is 11.5 Å². The number of carbonyl (C=O) groups is 1. The number of carbonyl (C=O) groups excluding carboxylic acids is 1. The lowest BCUT2D eigenvalue weighted by atomic mass is 10.3. The zero-order valence-electron chi connectivity index (χ0n) is 10.6. The molecule has 0 aliphatic rings. The van der Waals surface area contributed by atoms with Crippen molar-refractivity contribution in [1.82, 2.24) is 20.4 Å². The molecule has 0 radical (unpaired) electrons. The molecule has 2 aromatic rings. The maximum atomic E-state index is 11.8. The van der Waals surface area contributed by atoms with Gasteiger partial charge in [-0.3, -0.25) is 4.79 Å². The zero-order valence-corrected chi connectivity index (χ0v) is 10.6. The fraction of sp³-hybridized carbons (Fsp3) is 0.333. The summed E-state index contributed by atoms with van der Waals surface area (Å²) in [5.41, 5.74) is 1.25. The summed E-state index contributed by atoms with van der Waals surface area (Å²) in [6, 6.07) is 3.50. The predicted octanol–water partition coefficient (Wildman–Crippen LogP) is 1.22. The van der Waals surface area contributed by atoms with Gasteiger partial charge in [0.25, 0.3) is 5.91 Å². The minimum absolute atomic E-state index is 0.215. The summed E-state index contributed by atoms with van der Waals surface area (Å²) in [6.45, 7) is 3.18. The quantitative estimate of drug-likeness (QED) is 0.812. The minimum atomic E-state index is -0.271. The second-order valence-electron chi connectivity index (χ2n) is 3.89. The first kappa shape index (κ1) is 13.0. The Bertz CT molecular complexity index is 509. The third-order valence-electron chi connectivity index (χ3n) is 2.39. The van der Waals surface area contributed by atoms with Crippen LogP contribution in [0.15, 0.2) is 29.2 Å². The van der Waals surface area contributed by atoms with Crippen molar-refractivity contribution in [1.29, 1.82) is 0 Å². The van der Waals surface area contributed by atoms with E-state index in [1.165, 1.54) is 6.39 Å². The van der Waals surface area contributed by atoms with E-state index in [2.05, 4.69) is 37.2 Å². The van der Waals surface area contributed by atoms with Crippen molar-refractivity contribution in [3.8, 4) is 0 Å². The molecule has 0 aliphatic carbocycles. The summed E-state index contributed by atoms with van der Waals surface area (Å²) in [5, 5.41) is 9.44. The van der Waals surface area contributed by atoms with Gasteiger partial charge in [-0.2, -0.15) is 4.98 Å². The highest BCUT2D eigenvalue weighted by Gasteiger charge is 2.08. The van der Waals surface area contributed by atoms with Crippen molar-refractivity contribution in [3.05, 3.63) is 36.2 Å². The molecule has 100 valence electrons. The third-order valence-corrected chi connectivity index (χ3v) is 2.39. The number of rotatable bonds is 6. The molecule has 0 saturated carbocycles. The van der Waals surface area contributed by atoms with Gasteiger partial charge in [-0.25, -0.2) is 4.98 Å². The molecule has 0 unspecified atom stereocenters. The lowest BCUT2D eigenvalue weighted by Crippen LogP contribution is -2.24. The fourth-order valence-electron chi connectivity index (χ4n) is 1.42. The first-order valence-electron chi connectivity index (χ1n) is 6.03. The fourth-order valence-corrected chi connectivity index (χ4v) is 1.42. The molecule has 7 heteroatoms. The first-order valence-corrected chi connectivity index (χ1v) is 6.03. The Morgan fingerprint density at radius 1 is 1.37 bits per heavy atom. The Morgan fingerprint density at radius 3 is 2.89 bits per heavy atom. The number of nitrogens with zero attached hydrogens (tertiary/aromatic N) is 3. The van der Waals surface area contributed by atoms with Gasteiger partial charge in [-0.15, -0.1) is 0 Å². The molecule has 1 amide bonds. The smallest absolute Gasteiger partial charge is 0.270 e. The van der Waals surface area contributed by atoms with Gasteiger partial charge in [0.1, 0.15) is 5.69 Å². The van der Waals surface area contributed by atoms with E-state index >= 15 is 0 Å². The average molecular weight is 261 g/mol. The Labute approximate surface area is 110 Å². The van der Waals surface area contributed by atoms with E-state index in [1.54, 1.807) is 12.3 Å². The number of anilines is 1. The van der Waals surface area contributed by atoms with Gasteiger partial charge in [0.05, 0.1) is 18.4 Å². The van der Waals surface area contributed by atoms with Gasteiger partial charge in [-0.1, -0.05) is 12.1 Å². The summed E-state index contributed by atoms with van der Waals surface area (Å²) >= 11 is 0. The zero-order chi connectivity index (χ0) is 13.5. The summed E-state index contributed by atoms with van der Waals surface area (Å²) in [7, 11) is 0. The Kier molecular flexibility index (Phi) is 4.44. The molecule has 0 aromatic carbocycles. The van der Waals surface area contributed by atoms with Gasteiger partial charge in [0.2, 0.25) is 6.39 Å². The molecular formula is C12H15N5O2. The standard InChI is InChI=1S/C12H15N5O2/c1-2-5-13-9-3-4-10(14-6-9)12(18)15-7-11-16-8-19-17-11/h3-4,6,8,13H,2,5,7H2,1H3,(H,15,18). The molecule has 0 fully saturated rings. The lowest BCUT2D eigenvalue weighted by molar-refractivity contribution is 0.0944. The van der Waals surface area contributed by atoms with Crippen LogP contribution in [0.25, 0.3) is 0 Å². The van der Waals surface area contributed by atoms with Crippen LogP contribution in [0, 0.1) is 0 Å². The molecule has 2 heterocycles. The number of hydrogen-bond donors (Lipinski definition) is 2. The molecule has 0 atom stereocenters. The van der Waals surface area contributed by atoms with Crippen LogP contribution >= 0.6 is 0 Å². The van der Waals surface area contributed by atoms with E-state index < -0.39 is 0 Å².